The van der Waals surface area contributed by atoms with Crippen LogP contribution in [0.1, 0.15) is 22.3 Å². The van der Waals surface area contributed by atoms with Gasteiger partial charge < -0.3 is 10.1 Å². The maximum Gasteiger partial charge on any atom is 0.267 e. The number of benzene rings is 1. The lowest BCUT2D eigenvalue weighted by atomic mass is 10.2. The number of aryl methyl sites for hydroxylation is 1. The van der Waals surface area contributed by atoms with Crippen LogP contribution in [0, 0.1) is 6.92 Å². The van der Waals surface area contributed by atoms with E-state index in [0.717, 1.165) is 22.0 Å². The van der Waals surface area contributed by atoms with Gasteiger partial charge in [-0.2, -0.15) is 0 Å². The standard InChI is InChI=1S/C18H17N3O2S/c1-3-23-15-6-4-13(5-7-15)18-20-12(2)16(24-18)17(22)21-14-8-10-19-11-9-14/h4-11H,3H2,1-2H3,(H,19,21,22). The van der Waals surface area contributed by atoms with Gasteiger partial charge in [-0.1, -0.05) is 0 Å². The molecule has 0 spiro atoms. The summed E-state index contributed by atoms with van der Waals surface area (Å²) in [5.41, 5.74) is 2.40. The second-order valence-corrected chi connectivity index (χ2v) is 6.08. The average molecular weight is 339 g/mol. The van der Waals surface area contributed by atoms with Crippen molar-refractivity contribution >= 4 is 22.9 Å². The molecular weight excluding hydrogens is 322 g/mol. The van der Waals surface area contributed by atoms with Gasteiger partial charge >= 0.3 is 0 Å². The summed E-state index contributed by atoms with van der Waals surface area (Å²) in [6.07, 6.45) is 3.28. The molecule has 0 radical (unpaired) electrons. The van der Waals surface area contributed by atoms with Crippen LogP contribution in [0.15, 0.2) is 48.8 Å². The van der Waals surface area contributed by atoms with Gasteiger partial charge in [0.25, 0.3) is 5.91 Å². The maximum absolute atomic E-state index is 12.4. The van der Waals surface area contributed by atoms with Gasteiger partial charge in [0.15, 0.2) is 0 Å². The molecule has 122 valence electrons. The van der Waals surface area contributed by atoms with Crippen molar-refractivity contribution < 1.29 is 9.53 Å². The minimum absolute atomic E-state index is 0.159. The molecule has 3 rings (SSSR count). The van der Waals surface area contributed by atoms with Gasteiger partial charge in [0.2, 0.25) is 0 Å². The van der Waals surface area contributed by atoms with Crippen LogP contribution in [0.2, 0.25) is 0 Å². The summed E-state index contributed by atoms with van der Waals surface area (Å²) in [6.45, 7) is 4.43. The lowest BCUT2D eigenvalue weighted by Gasteiger charge is -2.03. The molecule has 1 N–H and O–H groups in total. The second-order valence-electron chi connectivity index (χ2n) is 5.08. The third-order valence-corrected chi connectivity index (χ3v) is 4.56. The molecule has 3 aromatic rings. The van der Waals surface area contributed by atoms with E-state index >= 15 is 0 Å². The van der Waals surface area contributed by atoms with E-state index in [-0.39, 0.29) is 5.91 Å². The molecule has 6 heteroatoms. The molecule has 5 nitrogen and oxygen atoms in total. The van der Waals surface area contributed by atoms with Gasteiger partial charge in [-0.3, -0.25) is 9.78 Å². The highest BCUT2D eigenvalue weighted by Gasteiger charge is 2.16. The summed E-state index contributed by atoms with van der Waals surface area (Å²) in [5.74, 6) is 0.665. The predicted molar refractivity (Wildman–Crippen MR) is 95.6 cm³/mol. The van der Waals surface area contributed by atoms with E-state index in [1.165, 1.54) is 11.3 Å². The van der Waals surface area contributed by atoms with Gasteiger partial charge in [-0.15, -0.1) is 11.3 Å². The first kappa shape index (κ1) is 16.1. The van der Waals surface area contributed by atoms with E-state index in [1.807, 2.05) is 38.1 Å². The summed E-state index contributed by atoms with van der Waals surface area (Å²) in [7, 11) is 0. The molecule has 1 amide bonds. The van der Waals surface area contributed by atoms with Crippen LogP contribution in [0.5, 0.6) is 5.75 Å². The fourth-order valence-electron chi connectivity index (χ4n) is 2.21. The van der Waals surface area contributed by atoms with Crippen molar-refractivity contribution in [2.45, 2.75) is 13.8 Å². The van der Waals surface area contributed by atoms with Crippen LogP contribution in [0.4, 0.5) is 5.69 Å². The van der Waals surface area contributed by atoms with Gasteiger partial charge in [-0.05, 0) is 50.2 Å². The third kappa shape index (κ3) is 3.60. The van der Waals surface area contributed by atoms with Gasteiger partial charge in [-0.25, -0.2) is 4.98 Å². The Morgan fingerprint density at radius 1 is 1.17 bits per heavy atom. The summed E-state index contributed by atoms with van der Waals surface area (Å²) in [5, 5.41) is 3.68. The number of pyridine rings is 1. The summed E-state index contributed by atoms with van der Waals surface area (Å²) in [6, 6.07) is 11.2. The Kier molecular flexibility index (Phi) is 4.86. The van der Waals surface area contributed by atoms with E-state index in [4.69, 9.17) is 4.74 Å². The zero-order valence-electron chi connectivity index (χ0n) is 13.4. The predicted octanol–water partition coefficient (Wildman–Crippen LogP) is 4.16. The number of ether oxygens (including phenoxy) is 1. The zero-order chi connectivity index (χ0) is 16.9. The number of hydrogen-bond donors (Lipinski definition) is 1. The van der Waals surface area contributed by atoms with E-state index in [0.29, 0.717) is 17.2 Å². The van der Waals surface area contributed by atoms with Crippen molar-refractivity contribution in [3.63, 3.8) is 0 Å². The average Bonchev–Trinajstić information content (AvgIpc) is 2.99. The highest BCUT2D eigenvalue weighted by Crippen LogP contribution is 2.29. The van der Waals surface area contributed by atoms with Crippen molar-refractivity contribution in [3.8, 4) is 16.3 Å². The molecule has 2 aromatic heterocycles. The molecule has 24 heavy (non-hydrogen) atoms. The Morgan fingerprint density at radius 3 is 2.54 bits per heavy atom. The number of rotatable bonds is 5. The number of anilines is 1. The molecule has 0 aliphatic rings. The molecule has 0 saturated carbocycles. The quantitative estimate of drug-likeness (QED) is 0.758. The third-order valence-electron chi connectivity index (χ3n) is 3.35. The van der Waals surface area contributed by atoms with E-state index < -0.39 is 0 Å². The van der Waals surface area contributed by atoms with E-state index in [9.17, 15) is 4.79 Å². The Hall–Kier alpha value is -2.73. The first-order chi connectivity index (χ1) is 11.7. The molecule has 0 aliphatic heterocycles. The number of carbonyl (C=O) groups is 1. The van der Waals surface area contributed by atoms with Gasteiger partial charge in [0.05, 0.1) is 12.3 Å². The van der Waals surface area contributed by atoms with Crippen LogP contribution >= 0.6 is 11.3 Å². The number of aromatic nitrogens is 2. The lowest BCUT2D eigenvalue weighted by Crippen LogP contribution is -2.11. The van der Waals surface area contributed by atoms with Crippen LogP contribution in [0.3, 0.4) is 0 Å². The van der Waals surface area contributed by atoms with E-state index in [2.05, 4.69) is 15.3 Å². The molecule has 0 saturated heterocycles. The second kappa shape index (κ2) is 7.23. The first-order valence-electron chi connectivity index (χ1n) is 7.59. The maximum atomic E-state index is 12.4. The molecule has 0 atom stereocenters. The largest absolute Gasteiger partial charge is 0.494 e. The molecule has 0 bridgehead atoms. The fraction of sp³-hybridized carbons (Fsp3) is 0.167. The number of amides is 1. The highest BCUT2D eigenvalue weighted by molar-refractivity contribution is 7.17. The normalized spacial score (nSPS) is 10.4. The number of nitrogens with one attached hydrogen (secondary N) is 1. The van der Waals surface area contributed by atoms with E-state index in [1.54, 1.807) is 24.5 Å². The Labute approximate surface area is 144 Å². The minimum atomic E-state index is -0.159. The zero-order valence-corrected chi connectivity index (χ0v) is 14.3. The number of nitrogens with zero attached hydrogens (tertiary/aromatic N) is 2. The van der Waals surface area contributed by atoms with Gasteiger partial charge in [0, 0.05) is 23.6 Å². The lowest BCUT2D eigenvalue weighted by molar-refractivity contribution is 0.103. The molecule has 0 unspecified atom stereocenters. The van der Waals surface area contributed by atoms with Crippen molar-refractivity contribution in [3.05, 3.63) is 59.4 Å². The monoisotopic (exact) mass is 339 g/mol. The van der Waals surface area contributed by atoms with Crippen LogP contribution in [-0.2, 0) is 0 Å². The first-order valence-corrected chi connectivity index (χ1v) is 8.41. The SMILES string of the molecule is CCOc1ccc(-c2nc(C)c(C(=O)Nc3ccncc3)s2)cc1. The van der Waals surface area contributed by atoms with Crippen molar-refractivity contribution in [2.75, 3.05) is 11.9 Å². The molecule has 1 aromatic carbocycles. The smallest absolute Gasteiger partial charge is 0.267 e. The summed E-state index contributed by atoms with van der Waals surface area (Å²) < 4.78 is 5.44. The van der Waals surface area contributed by atoms with Crippen molar-refractivity contribution in [1.82, 2.24) is 9.97 Å². The van der Waals surface area contributed by atoms with Crippen LogP contribution in [0.25, 0.3) is 10.6 Å². The van der Waals surface area contributed by atoms with Crippen molar-refractivity contribution in [2.24, 2.45) is 0 Å². The highest BCUT2D eigenvalue weighted by atomic mass is 32.1. The molecular formula is C18H17N3O2S. The van der Waals surface area contributed by atoms with Crippen molar-refractivity contribution in [1.29, 1.82) is 0 Å². The molecule has 0 aliphatic carbocycles. The van der Waals surface area contributed by atoms with Crippen LogP contribution in [-0.4, -0.2) is 22.5 Å². The molecule has 0 fully saturated rings. The Morgan fingerprint density at radius 2 is 1.88 bits per heavy atom. The Bertz CT molecular complexity index is 829. The number of carbonyl (C=O) groups excluding carboxylic acids is 1. The fourth-order valence-corrected chi connectivity index (χ4v) is 3.18. The van der Waals surface area contributed by atoms with Gasteiger partial charge in [0.1, 0.15) is 15.6 Å². The Balaban J connectivity index is 1.80. The number of thiazole rings is 1. The summed E-state index contributed by atoms with van der Waals surface area (Å²) in [4.78, 5) is 21.5. The van der Waals surface area contributed by atoms with Crippen LogP contribution < -0.4 is 10.1 Å². The summed E-state index contributed by atoms with van der Waals surface area (Å²) >= 11 is 1.38. The number of hydrogen-bond acceptors (Lipinski definition) is 5. The molecule has 2 heterocycles. The minimum Gasteiger partial charge on any atom is -0.494 e. The topological polar surface area (TPSA) is 64.1 Å².